The molecule has 0 aliphatic heterocycles. The van der Waals surface area contributed by atoms with E-state index in [0.717, 1.165) is 18.7 Å². The summed E-state index contributed by atoms with van der Waals surface area (Å²) in [6.07, 6.45) is 2.63. The molecule has 5 heteroatoms. The van der Waals surface area contributed by atoms with E-state index >= 15 is 0 Å². The van der Waals surface area contributed by atoms with Gasteiger partial charge in [-0.3, -0.25) is 4.68 Å². The van der Waals surface area contributed by atoms with E-state index in [2.05, 4.69) is 17.3 Å². The van der Waals surface area contributed by atoms with Crippen molar-refractivity contribution in [3.8, 4) is 5.75 Å². The molecule has 114 valence electrons. The number of nitrogens with one attached hydrogen (secondary N) is 1. The molecule has 1 N–H and O–H groups in total. The standard InChI is InChI=1S/C16H22FN3O/c1-5-9-20-16(13(21-4)10-19-20)15(18-3)12-8-6-7-11(2)14(12)17/h6-8,10,15,18H,5,9H2,1-4H3. The highest BCUT2D eigenvalue weighted by molar-refractivity contribution is 5.38. The fourth-order valence-corrected chi connectivity index (χ4v) is 2.55. The van der Waals surface area contributed by atoms with Gasteiger partial charge in [0.25, 0.3) is 0 Å². The molecule has 0 aliphatic rings. The largest absolute Gasteiger partial charge is 0.493 e. The van der Waals surface area contributed by atoms with Crippen LogP contribution in [0.3, 0.4) is 0 Å². The van der Waals surface area contributed by atoms with Crippen LogP contribution in [-0.2, 0) is 6.54 Å². The summed E-state index contributed by atoms with van der Waals surface area (Å²) in [6.45, 7) is 4.62. The Hall–Kier alpha value is -1.88. The van der Waals surface area contributed by atoms with Crippen molar-refractivity contribution in [1.29, 1.82) is 0 Å². The van der Waals surface area contributed by atoms with E-state index < -0.39 is 0 Å². The predicted molar refractivity (Wildman–Crippen MR) is 81.1 cm³/mol. The molecule has 2 rings (SSSR count). The maximum absolute atomic E-state index is 14.5. The van der Waals surface area contributed by atoms with E-state index in [1.165, 1.54) is 0 Å². The summed E-state index contributed by atoms with van der Waals surface area (Å²) in [7, 11) is 3.42. The van der Waals surface area contributed by atoms with Crippen molar-refractivity contribution in [2.24, 2.45) is 0 Å². The van der Waals surface area contributed by atoms with Crippen LogP contribution in [0.5, 0.6) is 5.75 Å². The molecule has 0 bridgehead atoms. The molecule has 0 saturated heterocycles. The second-order valence-corrected chi connectivity index (χ2v) is 5.02. The van der Waals surface area contributed by atoms with Gasteiger partial charge in [0.2, 0.25) is 0 Å². The SMILES string of the molecule is CCCn1ncc(OC)c1C(NC)c1cccc(C)c1F. The van der Waals surface area contributed by atoms with Gasteiger partial charge in [-0.25, -0.2) is 4.39 Å². The molecule has 1 heterocycles. The van der Waals surface area contributed by atoms with Crippen molar-refractivity contribution >= 4 is 0 Å². The fourth-order valence-electron chi connectivity index (χ4n) is 2.55. The van der Waals surface area contributed by atoms with Gasteiger partial charge in [-0.1, -0.05) is 25.1 Å². The van der Waals surface area contributed by atoms with Crippen LogP contribution in [0.4, 0.5) is 4.39 Å². The highest BCUT2D eigenvalue weighted by atomic mass is 19.1. The van der Waals surface area contributed by atoms with Crippen molar-refractivity contribution in [2.45, 2.75) is 32.9 Å². The van der Waals surface area contributed by atoms with Gasteiger partial charge < -0.3 is 10.1 Å². The predicted octanol–water partition coefficient (Wildman–Crippen LogP) is 3.06. The zero-order valence-corrected chi connectivity index (χ0v) is 13.0. The molecule has 0 saturated carbocycles. The molecule has 0 amide bonds. The first-order valence-electron chi connectivity index (χ1n) is 7.16. The maximum Gasteiger partial charge on any atom is 0.161 e. The molecule has 0 radical (unpaired) electrons. The summed E-state index contributed by atoms with van der Waals surface area (Å²) in [5.74, 6) is 0.479. The van der Waals surface area contributed by atoms with Gasteiger partial charge in [-0.05, 0) is 26.0 Å². The number of aryl methyl sites for hydroxylation is 2. The molecule has 0 fully saturated rings. The summed E-state index contributed by atoms with van der Waals surface area (Å²) in [5, 5.41) is 7.53. The molecule has 0 aliphatic carbocycles. The molecule has 0 spiro atoms. The third-order valence-electron chi connectivity index (χ3n) is 3.60. The van der Waals surface area contributed by atoms with E-state index in [1.807, 2.05) is 17.8 Å². The van der Waals surface area contributed by atoms with Crippen LogP contribution in [0.25, 0.3) is 0 Å². The second kappa shape index (κ2) is 6.72. The summed E-state index contributed by atoms with van der Waals surface area (Å²) in [5.41, 5.74) is 2.09. The Labute approximate surface area is 124 Å². The number of ether oxygens (including phenoxy) is 1. The summed E-state index contributed by atoms with van der Waals surface area (Å²) in [4.78, 5) is 0. The number of hydrogen-bond donors (Lipinski definition) is 1. The zero-order chi connectivity index (χ0) is 15.4. The lowest BCUT2D eigenvalue weighted by Gasteiger charge is -2.21. The van der Waals surface area contributed by atoms with Crippen molar-refractivity contribution in [1.82, 2.24) is 15.1 Å². The Bertz CT molecular complexity index is 610. The van der Waals surface area contributed by atoms with Crippen molar-refractivity contribution in [3.63, 3.8) is 0 Å². The summed E-state index contributed by atoms with van der Waals surface area (Å²) < 4.78 is 21.8. The molecule has 2 aromatic rings. The van der Waals surface area contributed by atoms with Gasteiger partial charge in [0, 0.05) is 12.1 Å². The van der Waals surface area contributed by atoms with E-state index in [9.17, 15) is 4.39 Å². The minimum Gasteiger partial charge on any atom is -0.493 e. The molecular formula is C16H22FN3O. The molecule has 4 nitrogen and oxygen atoms in total. The smallest absolute Gasteiger partial charge is 0.161 e. The fraction of sp³-hybridized carbons (Fsp3) is 0.438. The number of methoxy groups -OCH3 is 1. The Kier molecular flexibility index (Phi) is 4.96. The Morgan fingerprint density at radius 2 is 2.19 bits per heavy atom. The Morgan fingerprint density at radius 1 is 1.43 bits per heavy atom. The lowest BCUT2D eigenvalue weighted by Crippen LogP contribution is -2.23. The first-order chi connectivity index (χ1) is 10.1. The van der Waals surface area contributed by atoms with Crippen LogP contribution in [0, 0.1) is 12.7 Å². The normalized spacial score (nSPS) is 12.4. The highest BCUT2D eigenvalue weighted by Gasteiger charge is 2.25. The first-order valence-corrected chi connectivity index (χ1v) is 7.16. The Morgan fingerprint density at radius 3 is 2.81 bits per heavy atom. The van der Waals surface area contributed by atoms with Gasteiger partial charge in [0.1, 0.15) is 11.5 Å². The van der Waals surface area contributed by atoms with Crippen LogP contribution in [-0.4, -0.2) is 23.9 Å². The van der Waals surface area contributed by atoms with Crippen LogP contribution in [0.2, 0.25) is 0 Å². The average Bonchev–Trinajstić information content (AvgIpc) is 2.88. The van der Waals surface area contributed by atoms with Gasteiger partial charge in [0.05, 0.1) is 19.3 Å². The number of nitrogens with zero attached hydrogens (tertiary/aromatic N) is 2. The minimum atomic E-state index is -0.297. The average molecular weight is 291 g/mol. The van der Waals surface area contributed by atoms with E-state index in [1.54, 1.807) is 32.4 Å². The molecule has 21 heavy (non-hydrogen) atoms. The summed E-state index contributed by atoms with van der Waals surface area (Å²) in [6, 6.07) is 5.14. The number of benzene rings is 1. The number of rotatable bonds is 6. The quantitative estimate of drug-likeness (QED) is 0.889. The Balaban J connectivity index is 2.55. The van der Waals surface area contributed by atoms with Gasteiger partial charge in [0.15, 0.2) is 5.75 Å². The lowest BCUT2D eigenvalue weighted by atomic mass is 10.00. The van der Waals surface area contributed by atoms with Crippen LogP contribution >= 0.6 is 0 Å². The molecule has 1 unspecified atom stereocenters. The maximum atomic E-state index is 14.5. The zero-order valence-electron chi connectivity index (χ0n) is 13.0. The lowest BCUT2D eigenvalue weighted by molar-refractivity contribution is 0.398. The molecule has 1 aromatic carbocycles. The van der Waals surface area contributed by atoms with Crippen LogP contribution in [0.15, 0.2) is 24.4 Å². The molecular weight excluding hydrogens is 269 g/mol. The highest BCUT2D eigenvalue weighted by Crippen LogP contribution is 2.32. The second-order valence-electron chi connectivity index (χ2n) is 5.02. The van der Waals surface area contributed by atoms with Crippen molar-refractivity contribution in [3.05, 3.63) is 47.0 Å². The van der Waals surface area contributed by atoms with Crippen LogP contribution < -0.4 is 10.1 Å². The van der Waals surface area contributed by atoms with E-state index in [0.29, 0.717) is 16.9 Å². The van der Waals surface area contributed by atoms with Crippen molar-refractivity contribution in [2.75, 3.05) is 14.2 Å². The number of aromatic nitrogens is 2. The van der Waals surface area contributed by atoms with E-state index in [-0.39, 0.29) is 11.9 Å². The summed E-state index contributed by atoms with van der Waals surface area (Å²) >= 11 is 0. The first kappa shape index (κ1) is 15.5. The molecule has 1 atom stereocenters. The van der Waals surface area contributed by atoms with Gasteiger partial charge >= 0.3 is 0 Å². The van der Waals surface area contributed by atoms with Crippen LogP contribution in [0.1, 0.15) is 36.2 Å². The van der Waals surface area contributed by atoms with Crippen molar-refractivity contribution < 1.29 is 9.13 Å². The monoisotopic (exact) mass is 291 g/mol. The third-order valence-corrected chi connectivity index (χ3v) is 3.60. The number of hydrogen-bond acceptors (Lipinski definition) is 3. The van der Waals surface area contributed by atoms with Gasteiger partial charge in [-0.2, -0.15) is 5.10 Å². The third kappa shape index (κ3) is 2.93. The minimum absolute atomic E-state index is 0.192. The van der Waals surface area contributed by atoms with E-state index in [4.69, 9.17) is 4.74 Å². The number of halogens is 1. The topological polar surface area (TPSA) is 39.1 Å². The van der Waals surface area contributed by atoms with Gasteiger partial charge in [-0.15, -0.1) is 0 Å². The molecule has 1 aromatic heterocycles.